The Morgan fingerprint density at radius 1 is 1.06 bits per heavy atom. The first-order chi connectivity index (χ1) is 8.45. The summed E-state index contributed by atoms with van der Waals surface area (Å²) in [6.07, 6.45) is 0. The Bertz CT molecular complexity index is 636. The molecule has 3 nitrogen and oxygen atoms in total. The molecule has 0 atom stereocenters. The topological polar surface area (TPSA) is 27.6 Å². The fourth-order valence-corrected chi connectivity index (χ4v) is 2.38. The molecule has 0 bridgehead atoms. The molecule has 0 unspecified atom stereocenters. The number of hydrogen-bond donors (Lipinski definition) is 1. The monoisotopic (exact) mass is 412 g/mol. The Balaban J connectivity index is 0.000001000. The second kappa shape index (κ2) is 4.23. The third-order valence-corrected chi connectivity index (χ3v) is 3.12. The van der Waals surface area contributed by atoms with Crippen molar-refractivity contribution in [3.63, 3.8) is 0 Å². The predicted octanol–water partition coefficient (Wildman–Crippen LogP) is 2.36. The zero-order valence-corrected chi connectivity index (χ0v) is 11.7. The van der Waals surface area contributed by atoms with Gasteiger partial charge in [0.05, 0.1) is 0 Å². The summed E-state index contributed by atoms with van der Waals surface area (Å²) in [5.41, 5.74) is 7.53. The molecular weight excluding hydrogens is 402 g/mol. The minimum absolute atomic E-state index is 0. The van der Waals surface area contributed by atoms with Crippen LogP contribution >= 0.6 is 0 Å². The average molecular weight is 411 g/mol. The number of benzene rings is 2. The van der Waals surface area contributed by atoms with Crippen LogP contribution in [-0.4, -0.2) is 5.84 Å². The Morgan fingerprint density at radius 2 is 1.83 bits per heavy atom. The van der Waals surface area contributed by atoms with Crippen LogP contribution in [0, 0.1) is 12.7 Å². The van der Waals surface area contributed by atoms with E-state index in [0.717, 1.165) is 17.1 Å². The summed E-state index contributed by atoms with van der Waals surface area (Å²) in [6, 6.07) is 17.6. The summed E-state index contributed by atoms with van der Waals surface area (Å²) in [5, 5.41) is 4.31. The van der Waals surface area contributed by atoms with Gasteiger partial charge in [-0.05, 0) is 0 Å². The SMILES string of the molecule is [Ir].[c-]1cccc2c1N1[CH-]NN=C1c1ccccc1-2. The van der Waals surface area contributed by atoms with Crippen LogP contribution in [0.15, 0.2) is 47.6 Å². The first-order valence-electron chi connectivity index (χ1n) is 5.51. The molecule has 2 aliphatic heterocycles. The molecule has 1 radical (unpaired) electrons. The van der Waals surface area contributed by atoms with Gasteiger partial charge in [0, 0.05) is 25.7 Å². The van der Waals surface area contributed by atoms with E-state index in [4.69, 9.17) is 0 Å². The van der Waals surface area contributed by atoms with Crippen LogP contribution in [0.25, 0.3) is 11.1 Å². The van der Waals surface area contributed by atoms with Crippen molar-refractivity contribution in [1.82, 2.24) is 5.43 Å². The van der Waals surface area contributed by atoms with Gasteiger partial charge in [0.2, 0.25) is 0 Å². The molecule has 2 aliphatic rings. The summed E-state index contributed by atoms with van der Waals surface area (Å²) in [6.45, 7) is 1.86. The number of anilines is 1. The Hall–Kier alpha value is -1.64. The Kier molecular flexibility index (Phi) is 2.69. The Morgan fingerprint density at radius 3 is 2.72 bits per heavy atom. The van der Waals surface area contributed by atoms with Gasteiger partial charge in [0.25, 0.3) is 0 Å². The van der Waals surface area contributed by atoms with Crippen LogP contribution in [0.3, 0.4) is 0 Å². The molecule has 2 heterocycles. The number of hydrazone groups is 1. The standard InChI is InChI=1S/C14H9N3.Ir/c1-2-7-12-10(5-1)11-6-3-4-8-13(11)17-9-15-16-14(12)17;/h1-7,9,15H;/q-2;. The zero-order chi connectivity index (χ0) is 11.2. The molecule has 0 fully saturated rings. The van der Waals surface area contributed by atoms with E-state index in [2.05, 4.69) is 40.9 Å². The van der Waals surface area contributed by atoms with E-state index in [1.807, 2.05) is 29.8 Å². The van der Waals surface area contributed by atoms with Gasteiger partial charge >= 0.3 is 0 Å². The van der Waals surface area contributed by atoms with Crippen molar-refractivity contribution in [1.29, 1.82) is 0 Å². The normalized spacial score (nSPS) is 14.7. The third kappa shape index (κ3) is 1.43. The molecule has 0 aliphatic carbocycles. The van der Waals surface area contributed by atoms with Gasteiger partial charge in [-0.15, -0.1) is 12.2 Å². The van der Waals surface area contributed by atoms with Crippen LogP contribution in [0.5, 0.6) is 0 Å². The molecule has 0 saturated carbocycles. The predicted molar refractivity (Wildman–Crippen MR) is 67.2 cm³/mol. The smallest absolute Gasteiger partial charge is 0.127 e. The van der Waals surface area contributed by atoms with Crippen molar-refractivity contribution in [2.24, 2.45) is 5.10 Å². The van der Waals surface area contributed by atoms with E-state index >= 15 is 0 Å². The summed E-state index contributed by atoms with van der Waals surface area (Å²) >= 11 is 0. The molecule has 4 heteroatoms. The number of nitrogens with one attached hydrogen (secondary N) is 1. The molecule has 2 aromatic carbocycles. The number of amidine groups is 1. The average Bonchev–Trinajstić information content (AvgIpc) is 2.89. The molecule has 0 spiro atoms. The molecule has 0 amide bonds. The van der Waals surface area contributed by atoms with E-state index < -0.39 is 0 Å². The van der Waals surface area contributed by atoms with Gasteiger partial charge < -0.3 is 10.3 Å². The maximum Gasteiger partial charge on any atom is 0.127 e. The van der Waals surface area contributed by atoms with E-state index in [1.54, 1.807) is 0 Å². The number of para-hydroxylation sites is 1. The van der Waals surface area contributed by atoms with Crippen molar-refractivity contribution in [2.45, 2.75) is 0 Å². The van der Waals surface area contributed by atoms with Crippen molar-refractivity contribution in [2.75, 3.05) is 4.90 Å². The van der Waals surface area contributed by atoms with Crippen LogP contribution < -0.4 is 10.3 Å². The summed E-state index contributed by atoms with van der Waals surface area (Å²) in [7, 11) is 0. The molecule has 2 aromatic rings. The molecule has 1 N–H and O–H groups in total. The first kappa shape index (κ1) is 11.4. The van der Waals surface area contributed by atoms with E-state index in [-0.39, 0.29) is 20.1 Å². The van der Waals surface area contributed by atoms with Gasteiger partial charge in [-0.25, -0.2) is 0 Å². The second-order valence-electron chi connectivity index (χ2n) is 4.04. The number of hydrogen-bond acceptors (Lipinski definition) is 3. The van der Waals surface area contributed by atoms with Crippen LogP contribution in [0.4, 0.5) is 5.69 Å². The molecule has 0 aromatic heterocycles. The maximum atomic E-state index is 4.31. The molecule has 4 rings (SSSR count). The number of fused-ring (bicyclic) bond motifs is 6. The summed E-state index contributed by atoms with van der Waals surface area (Å²) < 4.78 is 0. The zero-order valence-electron chi connectivity index (χ0n) is 9.35. The van der Waals surface area contributed by atoms with Gasteiger partial charge in [0.15, 0.2) is 0 Å². The number of nitrogens with zero attached hydrogens (tertiary/aromatic N) is 2. The fourth-order valence-electron chi connectivity index (χ4n) is 2.38. The number of rotatable bonds is 0. The van der Waals surface area contributed by atoms with Crippen molar-refractivity contribution in [3.05, 3.63) is 60.8 Å². The quantitative estimate of drug-likeness (QED) is 0.674. The largest absolute Gasteiger partial charge is 0.476 e. The summed E-state index contributed by atoms with van der Waals surface area (Å²) in [5.74, 6) is 0.940. The van der Waals surface area contributed by atoms with E-state index in [0.29, 0.717) is 0 Å². The van der Waals surface area contributed by atoms with E-state index in [9.17, 15) is 0 Å². The molecule has 91 valence electrons. The molecular formula is C14H9IrN3-2. The van der Waals surface area contributed by atoms with Gasteiger partial charge in [0.1, 0.15) is 5.84 Å². The maximum absolute atomic E-state index is 4.31. The van der Waals surface area contributed by atoms with Crippen LogP contribution in [-0.2, 0) is 20.1 Å². The van der Waals surface area contributed by atoms with Gasteiger partial charge in [-0.3, -0.25) is 0 Å². The van der Waals surface area contributed by atoms with Crippen LogP contribution in [0.1, 0.15) is 5.56 Å². The van der Waals surface area contributed by atoms with Crippen molar-refractivity contribution in [3.8, 4) is 11.1 Å². The fraction of sp³-hybridized carbons (Fsp3) is 0. The Labute approximate surface area is 119 Å². The van der Waals surface area contributed by atoms with Crippen molar-refractivity contribution < 1.29 is 20.1 Å². The first-order valence-corrected chi connectivity index (χ1v) is 5.51. The summed E-state index contributed by atoms with van der Waals surface area (Å²) in [4.78, 5) is 2.04. The minimum Gasteiger partial charge on any atom is -0.476 e. The molecule has 0 saturated heterocycles. The second-order valence-corrected chi connectivity index (χ2v) is 4.04. The van der Waals surface area contributed by atoms with Crippen LogP contribution in [0.2, 0.25) is 0 Å². The molecule has 18 heavy (non-hydrogen) atoms. The minimum atomic E-state index is 0. The van der Waals surface area contributed by atoms with Gasteiger partial charge in [-0.1, -0.05) is 35.5 Å². The third-order valence-electron chi connectivity index (χ3n) is 3.12. The van der Waals surface area contributed by atoms with Crippen molar-refractivity contribution >= 4 is 11.5 Å². The van der Waals surface area contributed by atoms with Gasteiger partial charge in [-0.2, -0.15) is 29.4 Å². The van der Waals surface area contributed by atoms with E-state index in [1.165, 1.54) is 11.1 Å².